The average molecular weight is 581 g/mol. The molecule has 39 heavy (non-hydrogen) atoms. The smallest absolute Gasteiger partial charge is 0.377 e. The Morgan fingerprint density at radius 3 is 2.18 bits per heavy atom. The van der Waals surface area contributed by atoms with Crippen LogP contribution in [0.3, 0.4) is 0 Å². The van der Waals surface area contributed by atoms with Crippen LogP contribution in [0.2, 0.25) is 36.3 Å². The van der Waals surface area contributed by atoms with Crippen molar-refractivity contribution in [2.45, 2.75) is 128 Å². The van der Waals surface area contributed by atoms with E-state index in [1.807, 2.05) is 18.2 Å². The van der Waals surface area contributed by atoms with Crippen LogP contribution in [0.1, 0.15) is 71.9 Å². The molecule has 1 aliphatic heterocycles. The molecule has 3 rings (SSSR count). The molecule has 0 unspecified atom stereocenters. The zero-order valence-electron chi connectivity index (χ0n) is 26.0. The summed E-state index contributed by atoms with van der Waals surface area (Å²) >= 11 is 0. The molecule has 2 fully saturated rings. The Balaban J connectivity index is 2.03. The second-order valence-electron chi connectivity index (χ2n) is 14.8. The number of hydrogen-bond acceptors (Lipinski definition) is 4. The van der Waals surface area contributed by atoms with Gasteiger partial charge in [0.05, 0.1) is 18.1 Å². The van der Waals surface area contributed by atoms with Crippen molar-refractivity contribution in [2.24, 2.45) is 11.8 Å². The highest BCUT2D eigenvalue weighted by Gasteiger charge is 2.67. The van der Waals surface area contributed by atoms with Gasteiger partial charge in [-0.2, -0.15) is 8.78 Å². The lowest BCUT2D eigenvalue weighted by molar-refractivity contribution is -0.163. The van der Waals surface area contributed by atoms with Crippen molar-refractivity contribution >= 4 is 22.6 Å². The van der Waals surface area contributed by atoms with Crippen molar-refractivity contribution in [3.05, 3.63) is 47.5 Å². The van der Waals surface area contributed by atoms with Gasteiger partial charge in [0.25, 0.3) is 0 Å². The second kappa shape index (κ2) is 10.8. The van der Waals surface area contributed by atoms with E-state index < -0.39 is 52.6 Å². The summed E-state index contributed by atoms with van der Waals surface area (Å²) in [6, 6.07) is 8.37. The highest BCUT2D eigenvalue weighted by molar-refractivity contribution is 6.74. The summed E-state index contributed by atoms with van der Waals surface area (Å²) in [4.78, 5) is 12.1. The van der Waals surface area contributed by atoms with Gasteiger partial charge in [0.1, 0.15) is 6.10 Å². The Kier molecular flexibility index (Phi) is 8.91. The summed E-state index contributed by atoms with van der Waals surface area (Å²) in [5.74, 6) is -6.83. The number of hydrogen-bond donors (Lipinski definition) is 0. The first kappa shape index (κ1) is 32.2. The Hall–Kier alpha value is -1.36. The van der Waals surface area contributed by atoms with E-state index in [0.29, 0.717) is 0 Å². The second-order valence-corrected chi connectivity index (χ2v) is 24.3. The zero-order valence-corrected chi connectivity index (χ0v) is 28.0. The number of aryl methyl sites for hydroxylation is 1. The summed E-state index contributed by atoms with van der Waals surface area (Å²) < 4.78 is 49.3. The van der Waals surface area contributed by atoms with Crippen LogP contribution in [0.15, 0.2) is 36.4 Å². The standard InChI is InChI=1S/C31H50F2O4Si2/c1-20-14-13-15-22(18-20)21(2)24(36-38(9,10)29(3,4)5)17-16-23-25(37-39(11,12)30(6,7)8)19-26-27(23)31(32,33)28(34)35-26/h13-18,21,23-27H,19H2,1-12H3/t21-,23+,24-,25-,26+,27-/m1/s1. The van der Waals surface area contributed by atoms with Crippen molar-refractivity contribution in [3.8, 4) is 0 Å². The van der Waals surface area contributed by atoms with Crippen LogP contribution in [0, 0.1) is 18.8 Å². The first-order valence-electron chi connectivity index (χ1n) is 14.3. The molecule has 1 aromatic carbocycles. The third-order valence-corrected chi connectivity index (χ3v) is 18.7. The molecule has 2 aliphatic rings. The minimum atomic E-state index is -3.54. The number of ether oxygens (including phenoxy) is 1. The van der Waals surface area contributed by atoms with Gasteiger partial charge in [-0.1, -0.05) is 90.4 Å². The van der Waals surface area contributed by atoms with Gasteiger partial charge in [0.2, 0.25) is 0 Å². The summed E-state index contributed by atoms with van der Waals surface area (Å²) in [7, 11) is -4.47. The molecule has 0 amide bonds. The molecule has 0 N–H and O–H groups in total. The molecule has 1 aliphatic carbocycles. The average Bonchev–Trinajstić information content (AvgIpc) is 3.21. The van der Waals surface area contributed by atoms with Crippen LogP contribution in [0.25, 0.3) is 0 Å². The fraction of sp³-hybridized carbons (Fsp3) is 0.710. The fourth-order valence-corrected chi connectivity index (χ4v) is 7.77. The molecule has 0 radical (unpaired) electrons. The van der Waals surface area contributed by atoms with Gasteiger partial charge in [-0.05, 0) is 48.8 Å². The van der Waals surface area contributed by atoms with E-state index in [9.17, 15) is 4.79 Å². The normalized spacial score (nSPS) is 27.5. The lowest BCUT2D eigenvalue weighted by Crippen LogP contribution is -2.46. The van der Waals surface area contributed by atoms with Gasteiger partial charge in [-0.15, -0.1) is 0 Å². The summed E-state index contributed by atoms with van der Waals surface area (Å²) in [6.45, 7) is 25.9. The molecule has 1 heterocycles. The molecule has 220 valence electrons. The van der Waals surface area contributed by atoms with Gasteiger partial charge in [-0.25, -0.2) is 4.79 Å². The number of alkyl halides is 2. The summed E-state index contributed by atoms with van der Waals surface area (Å²) in [6.07, 6.45) is 2.52. The minimum Gasteiger partial charge on any atom is -0.457 e. The Bertz CT molecular complexity index is 1070. The van der Waals surface area contributed by atoms with Crippen LogP contribution in [0.4, 0.5) is 8.78 Å². The molecule has 0 spiro atoms. The Morgan fingerprint density at radius 2 is 1.64 bits per heavy atom. The monoisotopic (exact) mass is 580 g/mol. The largest absolute Gasteiger partial charge is 0.457 e. The third kappa shape index (κ3) is 6.60. The first-order chi connectivity index (χ1) is 17.6. The molecule has 0 aromatic heterocycles. The van der Waals surface area contributed by atoms with Gasteiger partial charge < -0.3 is 13.6 Å². The molecule has 8 heteroatoms. The number of rotatable bonds is 8. The molecule has 1 saturated carbocycles. The minimum absolute atomic E-state index is 0.00852. The fourth-order valence-electron chi connectivity index (χ4n) is 5.09. The molecule has 1 aromatic rings. The van der Waals surface area contributed by atoms with E-state index in [2.05, 4.69) is 99.8 Å². The lowest BCUT2D eigenvalue weighted by atomic mass is 9.87. The third-order valence-electron chi connectivity index (χ3n) is 9.73. The van der Waals surface area contributed by atoms with Gasteiger partial charge >= 0.3 is 11.9 Å². The van der Waals surface area contributed by atoms with E-state index in [4.69, 9.17) is 13.6 Å². The van der Waals surface area contributed by atoms with Gasteiger partial charge in [0, 0.05) is 18.3 Å². The molecule has 4 nitrogen and oxygen atoms in total. The molecule has 0 bridgehead atoms. The maximum absolute atomic E-state index is 15.2. The lowest BCUT2D eigenvalue weighted by Gasteiger charge is -2.41. The number of carbonyl (C=O) groups excluding carboxylic acids is 1. The van der Waals surface area contributed by atoms with E-state index in [1.165, 1.54) is 0 Å². The van der Waals surface area contributed by atoms with E-state index in [1.54, 1.807) is 0 Å². The maximum Gasteiger partial charge on any atom is 0.377 e. The predicted octanol–water partition coefficient (Wildman–Crippen LogP) is 8.63. The molecular formula is C31H50F2O4Si2. The SMILES string of the molecule is Cc1cccc([C@@H](C)[C@@H](C=C[C@@H]2[C@@H]3[C@H](C[C@H]2O[Si](C)(C)C(C)(C)C)OC(=O)C3(F)F)O[Si](C)(C)C(C)(C)C)c1. The number of benzene rings is 1. The zero-order chi connectivity index (χ0) is 29.8. The van der Waals surface area contributed by atoms with Crippen molar-refractivity contribution in [1.82, 2.24) is 0 Å². The molecule has 1 saturated heterocycles. The Labute approximate surface area is 237 Å². The predicted molar refractivity (Wildman–Crippen MR) is 159 cm³/mol. The summed E-state index contributed by atoms with van der Waals surface area (Å²) in [5, 5.41) is -0.0948. The van der Waals surface area contributed by atoms with Crippen LogP contribution in [0.5, 0.6) is 0 Å². The highest BCUT2D eigenvalue weighted by atomic mass is 28.4. The molecular weight excluding hydrogens is 531 g/mol. The first-order valence-corrected chi connectivity index (χ1v) is 20.1. The molecule has 6 atom stereocenters. The van der Waals surface area contributed by atoms with Crippen molar-refractivity contribution in [3.63, 3.8) is 0 Å². The number of carbonyl (C=O) groups is 1. The van der Waals surface area contributed by atoms with Crippen LogP contribution in [-0.2, 0) is 18.4 Å². The number of fused-ring (bicyclic) bond motifs is 1. The quantitative estimate of drug-likeness (QED) is 0.175. The number of halogens is 2. The maximum atomic E-state index is 15.2. The van der Waals surface area contributed by atoms with E-state index >= 15 is 8.78 Å². The van der Waals surface area contributed by atoms with Crippen molar-refractivity contribution in [1.29, 1.82) is 0 Å². The van der Waals surface area contributed by atoms with Gasteiger partial charge in [0.15, 0.2) is 16.6 Å². The van der Waals surface area contributed by atoms with Crippen molar-refractivity contribution in [2.75, 3.05) is 0 Å². The Morgan fingerprint density at radius 1 is 1.05 bits per heavy atom. The van der Waals surface area contributed by atoms with Crippen LogP contribution < -0.4 is 0 Å². The van der Waals surface area contributed by atoms with E-state index in [0.717, 1.165) is 11.1 Å². The highest BCUT2D eigenvalue weighted by Crippen LogP contribution is 2.53. The van der Waals surface area contributed by atoms with Crippen molar-refractivity contribution < 1.29 is 27.2 Å². The van der Waals surface area contributed by atoms with Crippen LogP contribution in [-0.4, -0.2) is 46.8 Å². The van der Waals surface area contributed by atoms with Gasteiger partial charge in [-0.3, -0.25) is 0 Å². The summed E-state index contributed by atoms with van der Waals surface area (Å²) in [5.41, 5.74) is 2.31. The number of esters is 1. The topological polar surface area (TPSA) is 44.8 Å². The van der Waals surface area contributed by atoms with Crippen LogP contribution >= 0.6 is 0 Å². The van der Waals surface area contributed by atoms with E-state index in [-0.39, 0.29) is 28.5 Å².